The molecule has 1 atom stereocenters. The van der Waals surface area contributed by atoms with Gasteiger partial charge in [0.1, 0.15) is 12.2 Å². The van der Waals surface area contributed by atoms with Crippen molar-refractivity contribution in [3.63, 3.8) is 0 Å². The van der Waals surface area contributed by atoms with Gasteiger partial charge in [-0.05, 0) is 54.8 Å². The molecule has 0 spiro atoms. The molecular weight excluding hydrogens is 316 g/mol. The van der Waals surface area contributed by atoms with Gasteiger partial charge in [-0.3, -0.25) is 0 Å². The average Bonchev–Trinajstić information content (AvgIpc) is 3.23. The van der Waals surface area contributed by atoms with Crippen molar-refractivity contribution in [1.82, 2.24) is 30.2 Å². The Labute approximate surface area is 147 Å². The maximum absolute atomic E-state index is 5.48. The molecule has 0 fully saturated rings. The van der Waals surface area contributed by atoms with E-state index in [1.807, 2.05) is 18.2 Å². The lowest BCUT2D eigenvalue weighted by molar-refractivity contribution is 0.0127. The first-order valence-corrected chi connectivity index (χ1v) is 8.74. The van der Waals surface area contributed by atoms with E-state index >= 15 is 0 Å². The van der Waals surface area contributed by atoms with Gasteiger partial charge >= 0.3 is 0 Å². The second-order valence-electron chi connectivity index (χ2n) is 7.30. The Bertz CT molecular complexity index is 808. The number of H-pyrrole nitrogens is 1. The van der Waals surface area contributed by atoms with Crippen LogP contribution in [0.25, 0.3) is 16.7 Å². The molecule has 7 heteroatoms. The Hall–Kier alpha value is -2.28. The van der Waals surface area contributed by atoms with Crippen LogP contribution in [0.3, 0.4) is 0 Å². The molecule has 1 aromatic carbocycles. The lowest BCUT2D eigenvalue weighted by Crippen LogP contribution is -2.22. The molecule has 1 N–H and O–H groups in total. The van der Waals surface area contributed by atoms with E-state index in [1.165, 1.54) is 6.42 Å². The SMILES string of the molecule is COC(C)(C)CCC[C@@H](C)Cc1nc2ccc(-n3cnnn3)cc2[nH]1. The highest BCUT2D eigenvalue weighted by Crippen LogP contribution is 2.22. The molecular formula is C18H26N6O. The summed E-state index contributed by atoms with van der Waals surface area (Å²) < 4.78 is 7.12. The summed E-state index contributed by atoms with van der Waals surface area (Å²) in [5.74, 6) is 1.61. The van der Waals surface area contributed by atoms with Crippen LogP contribution >= 0.6 is 0 Å². The molecule has 0 aliphatic heterocycles. The third-order valence-corrected chi connectivity index (χ3v) is 4.70. The molecule has 0 aliphatic rings. The highest BCUT2D eigenvalue weighted by atomic mass is 16.5. The van der Waals surface area contributed by atoms with E-state index in [4.69, 9.17) is 9.72 Å². The van der Waals surface area contributed by atoms with Crippen LogP contribution in [0.4, 0.5) is 0 Å². The fourth-order valence-corrected chi connectivity index (χ4v) is 2.98. The van der Waals surface area contributed by atoms with Gasteiger partial charge in [-0.1, -0.05) is 19.8 Å². The van der Waals surface area contributed by atoms with Gasteiger partial charge in [0.25, 0.3) is 0 Å². The van der Waals surface area contributed by atoms with Crippen molar-refractivity contribution in [2.24, 2.45) is 5.92 Å². The van der Waals surface area contributed by atoms with Crippen LogP contribution in [0.2, 0.25) is 0 Å². The number of methoxy groups -OCH3 is 1. The standard InChI is InChI=1S/C18H26N6O/c1-13(6-5-9-18(2,3)25-4)10-17-20-15-8-7-14(11-16(15)21-17)24-12-19-22-23-24/h7-8,11-13H,5-6,9-10H2,1-4H3,(H,20,21)/t13-/m1/s1. The first-order chi connectivity index (χ1) is 12.0. The lowest BCUT2D eigenvalue weighted by atomic mass is 9.95. The Kier molecular flexibility index (Phi) is 5.13. The van der Waals surface area contributed by atoms with Crippen molar-refractivity contribution in [1.29, 1.82) is 0 Å². The fourth-order valence-electron chi connectivity index (χ4n) is 2.98. The third kappa shape index (κ3) is 4.42. The fraction of sp³-hybridized carbons (Fsp3) is 0.556. The van der Waals surface area contributed by atoms with E-state index in [2.05, 4.69) is 41.3 Å². The predicted molar refractivity (Wildman–Crippen MR) is 96.6 cm³/mol. The van der Waals surface area contributed by atoms with Gasteiger partial charge in [-0.2, -0.15) is 0 Å². The summed E-state index contributed by atoms with van der Waals surface area (Å²) in [4.78, 5) is 8.14. The highest BCUT2D eigenvalue weighted by molar-refractivity contribution is 5.77. The summed E-state index contributed by atoms with van der Waals surface area (Å²) in [5, 5.41) is 11.3. The molecule has 134 valence electrons. The molecule has 3 aromatic rings. The van der Waals surface area contributed by atoms with Gasteiger partial charge in [0, 0.05) is 13.5 Å². The number of imidazole rings is 1. The zero-order valence-electron chi connectivity index (χ0n) is 15.4. The summed E-state index contributed by atoms with van der Waals surface area (Å²) in [6.07, 6.45) is 5.93. The maximum atomic E-state index is 5.48. The van der Waals surface area contributed by atoms with Crippen molar-refractivity contribution >= 4 is 11.0 Å². The minimum absolute atomic E-state index is 0.0360. The molecule has 0 aliphatic carbocycles. The molecule has 0 amide bonds. The van der Waals surface area contributed by atoms with E-state index in [9.17, 15) is 0 Å². The van der Waals surface area contributed by atoms with Crippen LogP contribution in [0.15, 0.2) is 24.5 Å². The number of hydrogen-bond donors (Lipinski definition) is 1. The number of rotatable bonds is 8. The lowest BCUT2D eigenvalue weighted by Gasteiger charge is -2.23. The molecule has 0 radical (unpaired) electrons. The molecule has 2 aromatic heterocycles. The normalized spacial score (nSPS) is 13.4. The van der Waals surface area contributed by atoms with Crippen LogP contribution in [-0.4, -0.2) is 42.9 Å². The summed E-state index contributed by atoms with van der Waals surface area (Å²) in [5.41, 5.74) is 2.86. The van der Waals surface area contributed by atoms with Gasteiger partial charge in [0.05, 0.1) is 22.3 Å². The number of aromatic nitrogens is 6. The Balaban J connectivity index is 1.62. The smallest absolute Gasteiger partial charge is 0.143 e. The molecule has 25 heavy (non-hydrogen) atoms. The van der Waals surface area contributed by atoms with Gasteiger partial charge in [-0.25, -0.2) is 9.67 Å². The van der Waals surface area contributed by atoms with Crippen LogP contribution in [-0.2, 0) is 11.2 Å². The van der Waals surface area contributed by atoms with Crippen molar-refractivity contribution in [3.8, 4) is 5.69 Å². The van der Waals surface area contributed by atoms with E-state index in [1.54, 1.807) is 18.1 Å². The van der Waals surface area contributed by atoms with Crippen LogP contribution < -0.4 is 0 Å². The number of fused-ring (bicyclic) bond motifs is 1. The van der Waals surface area contributed by atoms with Crippen molar-refractivity contribution < 1.29 is 4.74 Å². The Morgan fingerprint density at radius 2 is 2.16 bits per heavy atom. The van der Waals surface area contributed by atoms with Gasteiger partial charge in [0.2, 0.25) is 0 Å². The number of ether oxygens (including phenoxy) is 1. The average molecular weight is 342 g/mol. The molecule has 0 saturated heterocycles. The summed E-state index contributed by atoms with van der Waals surface area (Å²) >= 11 is 0. The minimum atomic E-state index is -0.0360. The number of tetrazole rings is 1. The van der Waals surface area contributed by atoms with Crippen molar-refractivity contribution in [3.05, 3.63) is 30.4 Å². The van der Waals surface area contributed by atoms with E-state index < -0.39 is 0 Å². The maximum Gasteiger partial charge on any atom is 0.143 e. The Morgan fingerprint density at radius 1 is 1.32 bits per heavy atom. The minimum Gasteiger partial charge on any atom is -0.379 e. The van der Waals surface area contributed by atoms with Crippen LogP contribution in [0.1, 0.15) is 45.9 Å². The first-order valence-electron chi connectivity index (χ1n) is 8.74. The summed E-state index contributed by atoms with van der Waals surface area (Å²) in [6, 6.07) is 5.99. The number of hydrogen-bond acceptors (Lipinski definition) is 5. The second-order valence-corrected chi connectivity index (χ2v) is 7.30. The van der Waals surface area contributed by atoms with Crippen LogP contribution in [0, 0.1) is 5.92 Å². The number of aromatic amines is 1. The number of benzene rings is 1. The van der Waals surface area contributed by atoms with Gasteiger partial charge < -0.3 is 9.72 Å². The molecule has 0 bridgehead atoms. The zero-order chi connectivity index (χ0) is 17.9. The number of nitrogens with zero attached hydrogens (tertiary/aromatic N) is 5. The van der Waals surface area contributed by atoms with Gasteiger partial charge in [-0.15, -0.1) is 5.10 Å². The van der Waals surface area contributed by atoms with Crippen LogP contribution in [0.5, 0.6) is 0 Å². The predicted octanol–water partition coefficient (Wildman–Crippen LogP) is 3.31. The first kappa shape index (κ1) is 17.5. The topological polar surface area (TPSA) is 81.5 Å². The molecule has 7 nitrogen and oxygen atoms in total. The third-order valence-electron chi connectivity index (χ3n) is 4.70. The molecule has 3 rings (SSSR count). The van der Waals surface area contributed by atoms with E-state index in [-0.39, 0.29) is 5.60 Å². The largest absolute Gasteiger partial charge is 0.379 e. The Morgan fingerprint density at radius 3 is 2.88 bits per heavy atom. The highest BCUT2D eigenvalue weighted by Gasteiger charge is 2.16. The zero-order valence-corrected chi connectivity index (χ0v) is 15.4. The van der Waals surface area contributed by atoms with Gasteiger partial charge in [0.15, 0.2) is 0 Å². The molecule has 2 heterocycles. The molecule has 0 saturated carbocycles. The van der Waals surface area contributed by atoms with E-state index in [0.29, 0.717) is 5.92 Å². The van der Waals surface area contributed by atoms with Crippen molar-refractivity contribution in [2.45, 2.75) is 52.1 Å². The van der Waals surface area contributed by atoms with E-state index in [0.717, 1.165) is 41.8 Å². The molecule has 0 unspecified atom stereocenters. The second kappa shape index (κ2) is 7.31. The summed E-state index contributed by atoms with van der Waals surface area (Å²) in [7, 11) is 1.78. The van der Waals surface area contributed by atoms with Crippen molar-refractivity contribution in [2.75, 3.05) is 7.11 Å². The monoisotopic (exact) mass is 342 g/mol. The quantitative estimate of drug-likeness (QED) is 0.679. The summed E-state index contributed by atoms with van der Waals surface area (Å²) in [6.45, 7) is 6.55. The number of nitrogens with one attached hydrogen (secondary N) is 1.